The van der Waals surface area contributed by atoms with E-state index in [1.54, 1.807) is 0 Å². The summed E-state index contributed by atoms with van der Waals surface area (Å²) in [4.78, 5) is 4.80. The second kappa shape index (κ2) is 4.58. The molecule has 18 heavy (non-hydrogen) atoms. The number of hydrogen-bond donors (Lipinski definition) is 1. The Kier molecular flexibility index (Phi) is 3.20. The van der Waals surface area contributed by atoms with Gasteiger partial charge in [0.2, 0.25) is 0 Å². The smallest absolute Gasteiger partial charge is 0.114 e. The van der Waals surface area contributed by atoms with E-state index in [0.717, 1.165) is 18.9 Å². The van der Waals surface area contributed by atoms with E-state index in [2.05, 4.69) is 24.7 Å². The first-order valence-corrected chi connectivity index (χ1v) is 7.80. The van der Waals surface area contributed by atoms with Gasteiger partial charge in [0.1, 0.15) is 5.01 Å². The lowest BCUT2D eigenvalue weighted by atomic mass is 9.67. The lowest BCUT2D eigenvalue weighted by Crippen LogP contribution is -2.53. The highest BCUT2D eigenvalue weighted by Crippen LogP contribution is 2.58. The van der Waals surface area contributed by atoms with Gasteiger partial charge in [-0.05, 0) is 45.1 Å². The van der Waals surface area contributed by atoms with Crippen molar-refractivity contribution < 1.29 is 4.74 Å². The van der Waals surface area contributed by atoms with Crippen LogP contribution < -0.4 is 5.32 Å². The summed E-state index contributed by atoms with van der Waals surface area (Å²) >= 11 is 1.82. The molecule has 3 nitrogen and oxygen atoms in total. The minimum Gasteiger partial charge on any atom is -0.381 e. The SMILES string of the molecule is CNC1(c2nc(C)cs2)CCCC12CCOCC2. The summed E-state index contributed by atoms with van der Waals surface area (Å²) in [7, 11) is 2.11. The molecule has 4 heteroatoms. The highest BCUT2D eigenvalue weighted by atomic mass is 32.1. The number of nitrogens with zero attached hydrogens (tertiary/aromatic N) is 1. The molecule has 1 unspecified atom stereocenters. The molecule has 1 atom stereocenters. The largest absolute Gasteiger partial charge is 0.381 e. The molecule has 1 aliphatic heterocycles. The van der Waals surface area contributed by atoms with Crippen LogP contribution in [0.25, 0.3) is 0 Å². The van der Waals surface area contributed by atoms with Crippen molar-refractivity contribution in [1.82, 2.24) is 10.3 Å². The zero-order valence-electron chi connectivity index (χ0n) is 11.3. The second-order valence-corrected chi connectivity index (χ2v) is 6.55. The van der Waals surface area contributed by atoms with Gasteiger partial charge >= 0.3 is 0 Å². The van der Waals surface area contributed by atoms with Crippen molar-refractivity contribution in [3.63, 3.8) is 0 Å². The van der Waals surface area contributed by atoms with Gasteiger partial charge in [0, 0.05) is 24.3 Å². The average molecular weight is 266 g/mol. The monoisotopic (exact) mass is 266 g/mol. The summed E-state index contributed by atoms with van der Waals surface area (Å²) in [5, 5.41) is 7.13. The van der Waals surface area contributed by atoms with Gasteiger partial charge in [-0.15, -0.1) is 11.3 Å². The van der Waals surface area contributed by atoms with Crippen LogP contribution in [0.3, 0.4) is 0 Å². The number of thiazole rings is 1. The molecule has 0 amide bonds. The summed E-state index contributed by atoms with van der Waals surface area (Å²) < 4.78 is 5.59. The molecule has 1 spiro atoms. The van der Waals surface area contributed by atoms with Crippen LogP contribution in [-0.2, 0) is 10.3 Å². The Balaban J connectivity index is 2.03. The van der Waals surface area contributed by atoms with Crippen molar-refractivity contribution >= 4 is 11.3 Å². The Morgan fingerprint density at radius 1 is 1.28 bits per heavy atom. The van der Waals surface area contributed by atoms with E-state index in [1.165, 1.54) is 37.1 Å². The van der Waals surface area contributed by atoms with E-state index in [1.807, 2.05) is 11.3 Å². The van der Waals surface area contributed by atoms with E-state index in [0.29, 0.717) is 5.41 Å². The predicted octanol–water partition coefficient (Wildman–Crippen LogP) is 2.85. The Bertz CT molecular complexity index is 425. The first-order valence-electron chi connectivity index (χ1n) is 6.92. The molecule has 0 aromatic carbocycles. The van der Waals surface area contributed by atoms with E-state index < -0.39 is 0 Å². The van der Waals surface area contributed by atoms with Gasteiger partial charge in [0.05, 0.1) is 5.54 Å². The third-order valence-electron chi connectivity index (χ3n) is 4.97. The van der Waals surface area contributed by atoms with Crippen molar-refractivity contribution in [3.8, 4) is 0 Å². The molecule has 1 saturated carbocycles. The molecule has 2 fully saturated rings. The Morgan fingerprint density at radius 3 is 2.67 bits per heavy atom. The Hall–Kier alpha value is -0.450. The van der Waals surface area contributed by atoms with Gasteiger partial charge in [0.25, 0.3) is 0 Å². The van der Waals surface area contributed by atoms with Gasteiger partial charge in [-0.2, -0.15) is 0 Å². The number of ether oxygens (including phenoxy) is 1. The molecule has 1 aromatic heterocycles. The fourth-order valence-electron chi connectivity index (χ4n) is 3.99. The molecule has 100 valence electrons. The van der Waals surface area contributed by atoms with Crippen molar-refractivity contribution in [2.75, 3.05) is 20.3 Å². The van der Waals surface area contributed by atoms with E-state index >= 15 is 0 Å². The number of aromatic nitrogens is 1. The summed E-state index contributed by atoms with van der Waals surface area (Å²) in [5.74, 6) is 0. The first-order chi connectivity index (χ1) is 8.72. The highest BCUT2D eigenvalue weighted by Gasteiger charge is 2.56. The molecule has 1 aromatic rings. The molecule has 1 aliphatic carbocycles. The van der Waals surface area contributed by atoms with E-state index in [-0.39, 0.29) is 5.54 Å². The fourth-order valence-corrected chi connectivity index (χ4v) is 5.14. The van der Waals surface area contributed by atoms with Crippen LogP contribution >= 0.6 is 11.3 Å². The van der Waals surface area contributed by atoms with Gasteiger partial charge in [0.15, 0.2) is 0 Å². The van der Waals surface area contributed by atoms with Crippen LogP contribution in [0.1, 0.15) is 42.8 Å². The zero-order valence-corrected chi connectivity index (χ0v) is 12.1. The molecular weight excluding hydrogens is 244 g/mol. The van der Waals surface area contributed by atoms with Crippen molar-refractivity contribution in [2.24, 2.45) is 5.41 Å². The lowest BCUT2D eigenvalue weighted by molar-refractivity contribution is -0.0277. The van der Waals surface area contributed by atoms with Gasteiger partial charge in [-0.3, -0.25) is 0 Å². The molecule has 1 saturated heterocycles. The van der Waals surface area contributed by atoms with Gasteiger partial charge in [-0.25, -0.2) is 4.98 Å². The van der Waals surface area contributed by atoms with Crippen LogP contribution in [0, 0.1) is 12.3 Å². The van der Waals surface area contributed by atoms with Crippen molar-refractivity contribution in [1.29, 1.82) is 0 Å². The van der Waals surface area contributed by atoms with E-state index in [4.69, 9.17) is 9.72 Å². The van der Waals surface area contributed by atoms with Gasteiger partial charge < -0.3 is 10.1 Å². The summed E-state index contributed by atoms with van der Waals surface area (Å²) in [5.41, 5.74) is 1.61. The van der Waals surface area contributed by atoms with Crippen LogP contribution in [-0.4, -0.2) is 25.2 Å². The molecule has 2 heterocycles. The number of aryl methyl sites for hydroxylation is 1. The normalized spacial score (nSPS) is 31.0. The van der Waals surface area contributed by atoms with Crippen LogP contribution in [0.2, 0.25) is 0 Å². The maximum atomic E-state index is 5.59. The standard InChI is InChI=1S/C14H22N2OS/c1-11-10-18-12(16-11)14(15-2)5-3-4-13(14)6-8-17-9-7-13/h10,15H,3-9H2,1-2H3. The van der Waals surface area contributed by atoms with Gasteiger partial charge in [-0.1, -0.05) is 6.42 Å². The van der Waals surface area contributed by atoms with Crippen LogP contribution in [0.5, 0.6) is 0 Å². The Morgan fingerprint density at radius 2 is 2.06 bits per heavy atom. The molecule has 2 aliphatic rings. The number of nitrogens with one attached hydrogen (secondary N) is 1. The highest BCUT2D eigenvalue weighted by molar-refractivity contribution is 7.09. The number of rotatable bonds is 2. The Labute approximate surface area is 113 Å². The number of hydrogen-bond acceptors (Lipinski definition) is 4. The third kappa shape index (κ3) is 1.66. The average Bonchev–Trinajstić information content (AvgIpc) is 2.96. The van der Waals surface area contributed by atoms with Crippen molar-refractivity contribution in [2.45, 2.75) is 44.6 Å². The summed E-state index contributed by atoms with van der Waals surface area (Å²) in [6.07, 6.45) is 6.19. The first kappa shape index (κ1) is 12.6. The summed E-state index contributed by atoms with van der Waals surface area (Å²) in [6, 6.07) is 0. The molecule has 1 N–H and O–H groups in total. The van der Waals surface area contributed by atoms with Crippen molar-refractivity contribution in [3.05, 3.63) is 16.1 Å². The molecule has 3 rings (SSSR count). The lowest BCUT2D eigenvalue weighted by Gasteiger charge is -2.47. The molecule has 0 bridgehead atoms. The minimum atomic E-state index is 0.0930. The molecular formula is C14H22N2OS. The minimum absolute atomic E-state index is 0.0930. The predicted molar refractivity (Wildman–Crippen MR) is 73.9 cm³/mol. The summed E-state index contributed by atoms with van der Waals surface area (Å²) in [6.45, 7) is 3.91. The quantitative estimate of drug-likeness (QED) is 0.894. The maximum absolute atomic E-state index is 5.59. The fraction of sp³-hybridized carbons (Fsp3) is 0.786. The van der Waals surface area contributed by atoms with E-state index in [9.17, 15) is 0 Å². The molecule has 0 radical (unpaired) electrons. The topological polar surface area (TPSA) is 34.2 Å². The maximum Gasteiger partial charge on any atom is 0.114 e. The zero-order chi connectivity index (χ0) is 12.6. The third-order valence-corrected chi connectivity index (χ3v) is 6.10. The van der Waals surface area contributed by atoms with Crippen LogP contribution in [0.4, 0.5) is 0 Å². The van der Waals surface area contributed by atoms with Crippen LogP contribution in [0.15, 0.2) is 5.38 Å². The second-order valence-electron chi connectivity index (χ2n) is 5.70.